The van der Waals surface area contributed by atoms with Crippen molar-refractivity contribution in [2.24, 2.45) is 17.6 Å². The number of hydrogen-bond donors (Lipinski definition) is 2. The molecule has 1 aliphatic heterocycles. The van der Waals surface area contributed by atoms with E-state index in [1.165, 1.54) is 0 Å². The molecule has 0 aromatic rings. The molecule has 0 saturated carbocycles. The summed E-state index contributed by atoms with van der Waals surface area (Å²) in [6.45, 7) is 9.71. The summed E-state index contributed by atoms with van der Waals surface area (Å²) < 4.78 is 5.42. The molecule has 0 spiro atoms. The molecule has 0 radical (unpaired) electrons. The smallest absolute Gasteiger partial charge is 0.237 e. The number of rotatable bonds is 6. The molecule has 3 atom stereocenters. The van der Waals surface area contributed by atoms with Gasteiger partial charge in [-0.1, -0.05) is 20.8 Å². The Kier molecular flexibility index (Phi) is 4.95. The Morgan fingerprint density at radius 3 is 2.59 bits per heavy atom. The van der Waals surface area contributed by atoms with Gasteiger partial charge in [-0.15, -0.1) is 0 Å². The molecule has 0 bridgehead atoms. The van der Waals surface area contributed by atoms with Gasteiger partial charge in [0.05, 0.1) is 12.1 Å². The Morgan fingerprint density at radius 1 is 1.59 bits per heavy atom. The number of nitrogens with one attached hydrogen (secondary N) is 1. The van der Waals surface area contributed by atoms with E-state index in [9.17, 15) is 4.79 Å². The van der Waals surface area contributed by atoms with E-state index in [0.29, 0.717) is 12.0 Å². The van der Waals surface area contributed by atoms with Crippen LogP contribution in [0, 0.1) is 11.8 Å². The molecular weight excluding hydrogens is 216 g/mol. The van der Waals surface area contributed by atoms with Gasteiger partial charge in [0.15, 0.2) is 0 Å². The summed E-state index contributed by atoms with van der Waals surface area (Å²) in [6.07, 6.45) is 2.06. The maximum absolute atomic E-state index is 11.7. The summed E-state index contributed by atoms with van der Waals surface area (Å²) in [5.74, 6) is 0.402. The first kappa shape index (κ1) is 14.5. The number of carbonyl (C=O) groups is 1. The quantitative estimate of drug-likeness (QED) is 0.737. The molecule has 1 amide bonds. The van der Waals surface area contributed by atoms with Gasteiger partial charge < -0.3 is 15.8 Å². The fourth-order valence-electron chi connectivity index (χ4n) is 2.33. The molecule has 1 heterocycles. The zero-order valence-electron chi connectivity index (χ0n) is 11.5. The lowest BCUT2D eigenvalue weighted by Crippen LogP contribution is -2.61. The fraction of sp³-hybridized carbons (Fsp3) is 0.923. The minimum Gasteiger partial charge on any atom is -0.381 e. The number of primary amides is 1. The van der Waals surface area contributed by atoms with Crippen molar-refractivity contribution in [3.63, 3.8) is 0 Å². The largest absolute Gasteiger partial charge is 0.381 e. The highest BCUT2D eigenvalue weighted by molar-refractivity contribution is 5.84. The number of ether oxygens (including phenoxy) is 1. The van der Waals surface area contributed by atoms with Crippen LogP contribution in [0.4, 0.5) is 0 Å². The summed E-state index contributed by atoms with van der Waals surface area (Å²) in [4.78, 5) is 11.7. The van der Waals surface area contributed by atoms with Crippen molar-refractivity contribution < 1.29 is 9.53 Å². The van der Waals surface area contributed by atoms with Crippen LogP contribution in [0.2, 0.25) is 0 Å². The summed E-state index contributed by atoms with van der Waals surface area (Å²) in [5.41, 5.74) is 4.91. The highest BCUT2D eigenvalue weighted by Crippen LogP contribution is 2.24. The van der Waals surface area contributed by atoms with Gasteiger partial charge in [-0.3, -0.25) is 4.79 Å². The maximum atomic E-state index is 11.7. The first-order valence-corrected chi connectivity index (χ1v) is 6.57. The molecule has 3 unspecified atom stereocenters. The molecule has 4 nitrogen and oxygen atoms in total. The molecule has 0 aliphatic carbocycles. The van der Waals surface area contributed by atoms with Crippen LogP contribution in [-0.2, 0) is 9.53 Å². The first-order valence-electron chi connectivity index (χ1n) is 6.57. The minimum atomic E-state index is -0.636. The van der Waals surface area contributed by atoms with Crippen LogP contribution in [0.15, 0.2) is 0 Å². The Hall–Kier alpha value is -0.610. The minimum absolute atomic E-state index is 0.177. The van der Waals surface area contributed by atoms with E-state index in [-0.39, 0.29) is 11.8 Å². The van der Waals surface area contributed by atoms with Crippen LogP contribution in [0.3, 0.4) is 0 Å². The maximum Gasteiger partial charge on any atom is 0.237 e. The molecule has 1 fully saturated rings. The Balaban J connectivity index is 2.73. The van der Waals surface area contributed by atoms with Gasteiger partial charge in [0, 0.05) is 12.6 Å². The van der Waals surface area contributed by atoms with Gasteiger partial charge in [0.1, 0.15) is 0 Å². The number of nitrogens with two attached hydrogens (primary N) is 1. The lowest BCUT2D eigenvalue weighted by molar-refractivity contribution is -0.126. The number of hydrogen-bond acceptors (Lipinski definition) is 3. The summed E-state index contributed by atoms with van der Waals surface area (Å²) >= 11 is 0. The van der Waals surface area contributed by atoms with Crippen molar-refractivity contribution in [2.75, 3.05) is 13.2 Å². The Morgan fingerprint density at radius 2 is 2.24 bits per heavy atom. The van der Waals surface area contributed by atoms with Crippen LogP contribution in [0.1, 0.15) is 40.5 Å². The summed E-state index contributed by atoms with van der Waals surface area (Å²) in [5, 5.41) is 3.47. The summed E-state index contributed by atoms with van der Waals surface area (Å²) in [7, 11) is 0. The SMILES string of the molecule is CCC(NC(C)(C(N)=O)C(C)C)C1CCOC1. The third kappa shape index (κ3) is 3.19. The van der Waals surface area contributed by atoms with Crippen molar-refractivity contribution >= 4 is 5.91 Å². The van der Waals surface area contributed by atoms with Gasteiger partial charge in [-0.05, 0) is 31.6 Å². The molecule has 1 rings (SSSR count). The van der Waals surface area contributed by atoms with Gasteiger partial charge in [-0.2, -0.15) is 0 Å². The molecule has 4 heteroatoms. The lowest BCUT2D eigenvalue weighted by atomic mass is 9.84. The highest BCUT2D eigenvalue weighted by atomic mass is 16.5. The van der Waals surface area contributed by atoms with E-state index >= 15 is 0 Å². The molecule has 17 heavy (non-hydrogen) atoms. The van der Waals surface area contributed by atoms with Crippen LogP contribution in [0.5, 0.6) is 0 Å². The van der Waals surface area contributed by atoms with Crippen LogP contribution in [-0.4, -0.2) is 30.7 Å². The van der Waals surface area contributed by atoms with Crippen LogP contribution in [0.25, 0.3) is 0 Å². The number of carbonyl (C=O) groups excluding carboxylic acids is 1. The van der Waals surface area contributed by atoms with Crippen molar-refractivity contribution in [1.82, 2.24) is 5.32 Å². The van der Waals surface area contributed by atoms with E-state index in [4.69, 9.17) is 10.5 Å². The zero-order chi connectivity index (χ0) is 13.1. The van der Waals surface area contributed by atoms with Crippen molar-refractivity contribution in [3.8, 4) is 0 Å². The molecule has 1 aliphatic rings. The van der Waals surface area contributed by atoms with Crippen molar-refractivity contribution in [2.45, 2.75) is 52.1 Å². The standard InChI is InChI=1S/C13H26N2O2/c1-5-11(10-6-7-17-8-10)15-13(4,9(2)3)12(14)16/h9-11,15H,5-8H2,1-4H3,(H2,14,16). The Labute approximate surface area is 104 Å². The van der Waals surface area contributed by atoms with Gasteiger partial charge in [-0.25, -0.2) is 0 Å². The van der Waals surface area contributed by atoms with E-state index in [2.05, 4.69) is 12.2 Å². The molecular formula is C13H26N2O2. The van der Waals surface area contributed by atoms with Gasteiger partial charge >= 0.3 is 0 Å². The normalized spacial score (nSPS) is 25.8. The molecule has 0 aromatic heterocycles. The number of amides is 1. The first-order chi connectivity index (χ1) is 7.91. The molecule has 1 saturated heterocycles. The second-order valence-electron chi connectivity index (χ2n) is 5.50. The predicted octanol–water partition coefficient (Wildman–Crippen LogP) is 1.29. The van der Waals surface area contributed by atoms with Crippen LogP contribution < -0.4 is 11.1 Å². The fourth-order valence-corrected chi connectivity index (χ4v) is 2.33. The van der Waals surface area contributed by atoms with Crippen molar-refractivity contribution in [3.05, 3.63) is 0 Å². The lowest BCUT2D eigenvalue weighted by Gasteiger charge is -2.37. The predicted molar refractivity (Wildman–Crippen MR) is 68.6 cm³/mol. The van der Waals surface area contributed by atoms with Gasteiger partial charge in [0.25, 0.3) is 0 Å². The van der Waals surface area contributed by atoms with E-state index in [1.807, 2.05) is 20.8 Å². The molecule has 100 valence electrons. The Bertz CT molecular complexity index is 262. The van der Waals surface area contributed by atoms with Crippen molar-refractivity contribution in [1.29, 1.82) is 0 Å². The van der Waals surface area contributed by atoms with E-state index in [0.717, 1.165) is 26.1 Å². The third-order valence-electron chi connectivity index (χ3n) is 4.13. The average molecular weight is 242 g/mol. The summed E-state index contributed by atoms with van der Waals surface area (Å²) in [6, 6.07) is 0.303. The zero-order valence-corrected chi connectivity index (χ0v) is 11.5. The average Bonchev–Trinajstić information content (AvgIpc) is 2.78. The van der Waals surface area contributed by atoms with E-state index < -0.39 is 5.54 Å². The monoisotopic (exact) mass is 242 g/mol. The molecule has 0 aromatic carbocycles. The van der Waals surface area contributed by atoms with Crippen LogP contribution >= 0.6 is 0 Å². The highest BCUT2D eigenvalue weighted by Gasteiger charge is 2.38. The van der Waals surface area contributed by atoms with E-state index in [1.54, 1.807) is 0 Å². The second kappa shape index (κ2) is 5.83. The topological polar surface area (TPSA) is 64.3 Å². The third-order valence-corrected chi connectivity index (χ3v) is 4.13. The second-order valence-corrected chi connectivity index (χ2v) is 5.50. The molecule has 3 N–H and O–H groups in total. The van der Waals surface area contributed by atoms with Gasteiger partial charge in [0.2, 0.25) is 5.91 Å².